The van der Waals surface area contributed by atoms with Crippen LogP contribution in [0, 0.1) is 0 Å². The van der Waals surface area contributed by atoms with Crippen molar-refractivity contribution in [2.75, 3.05) is 11.6 Å². The third-order valence-corrected chi connectivity index (χ3v) is 5.70. The van der Waals surface area contributed by atoms with Gasteiger partial charge in [-0.05, 0) is 60.9 Å². The molecule has 0 saturated carbocycles. The van der Waals surface area contributed by atoms with Crippen LogP contribution in [0.2, 0.25) is 0 Å². The fourth-order valence-corrected chi connectivity index (χ4v) is 3.65. The van der Waals surface area contributed by atoms with Crippen LogP contribution in [-0.2, 0) is 11.3 Å². The van der Waals surface area contributed by atoms with Gasteiger partial charge in [-0.15, -0.1) is 11.8 Å². The number of hydrogen-bond acceptors (Lipinski definition) is 6. The number of amides is 1. The molecule has 7 nitrogen and oxygen atoms in total. The molecule has 0 aliphatic heterocycles. The number of carbonyl (C=O) groups excluding carboxylic acids is 1. The van der Waals surface area contributed by atoms with Crippen molar-refractivity contribution < 1.29 is 9.32 Å². The average Bonchev–Trinajstić information content (AvgIpc) is 3.26. The van der Waals surface area contributed by atoms with Gasteiger partial charge in [-0.3, -0.25) is 9.59 Å². The molecule has 31 heavy (non-hydrogen) atoms. The van der Waals surface area contributed by atoms with E-state index in [9.17, 15) is 9.59 Å². The molecule has 2 heterocycles. The number of hydrogen-bond donors (Lipinski definition) is 1. The number of thioether (sulfide) groups is 1. The van der Waals surface area contributed by atoms with Gasteiger partial charge in [-0.2, -0.15) is 4.98 Å². The van der Waals surface area contributed by atoms with Gasteiger partial charge in [0, 0.05) is 26.8 Å². The summed E-state index contributed by atoms with van der Waals surface area (Å²) in [7, 11) is 0. The normalized spacial score (nSPS) is 10.8. The van der Waals surface area contributed by atoms with Gasteiger partial charge in [0.1, 0.15) is 12.1 Å². The van der Waals surface area contributed by atoms with E-state index in [1.807, 2.05) is 48.7 Å². The van der Waals surface area contributed by atoms with Gasteiger partial charge in [0.15, 0.2) is 0 Å². The Labute approximate surface area is 190 Å². The van der Waals surface area contributed by atoms with Gasteiger partial charge >= 0.3 is 0 Å². The Hall–Kier alpha value is -3.17. The molecule has 156 valence electrons. The molecule has 9 heteroatoms. The molecule has 4 aromatic rings. The maximum absolute atomic E-state index is 12.9. The van der Waals surface area contributed by atoms with E-state index in [2.05, 4.69) is 31.4 Å². The molecule has 0 aliphatic carbocycles. The van der Waals surface area contributed by atoms with E-state index >= 15 is 0 Å². The van der Waals surface area contributed by atoms with E-state index in [4.69, 9.17) is 4.52 Å². The second kappa shape index (κ2) is 9.32. The van der Waals surface area contributed by atoms with Crippen LogP contribution in [0.25, 0.3) is 22.8 Å². The van der Waals surface area contributed by atoms with Crippen molar-refractivity contribution in [2.45, 2.75) is 11.4 Å². The number of aromatic nitrogens is 3. The zero-order chi connectivity index (χ0) is 21.8. The SMILES string of the molecule is CSc1cccc(NC(=O)Cn2cccc(-c3nc(-c4ccc(Br)cc4)no3)c2=O)c1. The highest BCUT2D eigenvalue weighted by Crippen LogP contribution is 2.22. The van der Waals surface area contributed by atoms with E-state index in [-0.39, 0.29) is 29.5 Å². The van der Waals surface area contributed by atoms with Gasteiger partial charge in [0.25, 0.3) is 11.4 Å². The summed E-state index contributed by atoms with van der Waals surface area (Å²) in [4.78, 5) is 30.7. The molecule has 0 bridgehead atoms. The number of rotatable bonds is 6. The maximum Gasteiger partial charge on any atom is 0.263 e. The van der Waals surface area contributed by atoms with Gasteiger partial charge in [-0.25, -0.2) is 0 Å². The molecule has 4 rings (SSSR count). The Morgan fingerprint density at radius 1 is 1.16 bits per heavy atom. The van der Waals surface area contributed by atoms with Crippen LogP contribution < -0.4 is 10.9 Å². The van der Waals surface area contributed by atoms with Gasteiger partial charge in [0.05, 0.1) is 0 Å². The highest BCUT2D eigenvalue weighted by atomic mass is 79.9. The first kappa shape index (κ1) is 21.1. The molecule has 0 spiro atoms. The molecule has 0 fully saturated rings. The Balaban J connectivity index is 1.54. The summed E-state index contributed by atoms with van der Waals surface area (Å²) in [5.74, 6) is 0.174. The lowest BCUT2D eigenvalue weighted by molar-refractivity contribution is -0.116. The van der Waals surface area contributed by atoms with Crippen LogP contribution in [0.3, 0.4) is 0 Å². The van der Waals surface area contributed by atoms with Crippen LogP contribution in [0.1, 0.15) is 0 Å². The Morgan fingerprint density at radius 2 is 1.97 bits per heavy atom. The third kappa shape index (κ3) is 4.95. The minimum Gasteiger partial charge on any atom is -0.333 e. The van der Waals surface area contributed by atoms with Crippen LogP contribution in [0.15, 0.2) is 85.5 Å². The van der Waals surface area contributed by atoms with Crippen molar-refractivity contribution in [1.82, 2.24) is 14.7 Å². The maximum atomic E-state index is 12.9. The summed E-state index contributed by atoms with van der Waals surface area (Å²) in [5, 5.41) is 6.78. The van der Waals surface area contributed by atoms with Crippen molar-refractivity contribution in [1.29, 1.82) is 0 Å². The van der Waals surface area contributed by atoms with Crippen molar-refractivity contribution in [3.05, 3.63) is 81.7 Å². The summed E-state index contributed by atoms with van der Waals surface area (Å²) >= 11 is 4.97. The molecule has 0 atom stereocenters. The first-order valence-corrected chi connectivity index (χ1v) is 11.3. The number of nitrogens with one attached hydrogen (secondary N) is 1. The quantitative estimate of drug-likeness (QED) is 0.389. The molecule has 2 aromatic heterocycles. The van der Waals surface area contributed by atoms with E-state index in [1.54, 1.807) is 36.2 Å². The topological polar surface area (TPSA) is 90.0 Å². The molecule has 0 saturated heterocycles. The zero-order valence-corrected chi connectivity index (χ0v) is 18.8. The monoisotopic (exact) mass is 496 g/mol. The number of carbonyl (C=O) groups is 1. The van der Waals surface area contributed by atoms with Crippen molar-refractivity contribution in [3.8, 4) is 22.8 Å². The molecule has 0 aliphatic rings. The highest BCUT2D eigenvalue weighted by molar-refractivity contribution is 9.10. The molecular weight excluding hydrogens is 480 g/mol. The van der Waals surface area contributed by atoms with Crippen molar-refractivity contribution in [3.63, 3.8) is 0 Å². The van der Waals surface area contributed by atoms with Crippen LogP contribution in [0.5, 0.6) is 0 Å². The highest BCUT2D eigenvalue weighted by Gasteiger charge is 2.16. The minimum atomic E-state index is -0.387. The van der Waals surface area contributed by atoms with Gasteiger partial charge in [0.2, 0.25) is 11.7 Å². The molecule has 2 aromatic carbocycles. The predicted octanol–water partition coefficient (Wildman–Crippen LogP) is 4.69. The fraction of sp³-hybridized carbons (Fsp3) is 0.0909. The summed E-state index contributed by atoms with van der Waals surface area (Å²) < 4.78 is 7.55. The zero-order valence-electron chi connectivity index (χ0n) is 16.4. The largest absolute Gasteiger partial charge is 0.333 e. The number of benzene rings is 2. The Bertz CT molecular complexity index is 1280. The number of anilines is 1. The van der Waals surface area contributed by atoms with E-state index in [0.29, 0.717) is 11.5 Å². The van der Waals surface area contributed by atoms with E-state index < -0.39 is 0 Å². The minimum absolute atomic E-state index is 0.102. The van der Waals surface area contributed by atoms with Crippen LogP contribution in [0.4, 0.5) is 5.69 Å². The summed E-state index contributed by atoms with van der Waals surface area (Å²) in [6, 6.07) is 18.2. The number of halogens is 1. The first-order valence-electron chi connectivity index (χ1n) is 9.27. The lowest BCUT2D eigenvalue weighted by Crippen LogP contribution is -2.28. The fourth-order valence-electron chi connectivity index (χ4n) is 2.93. The third-order valence-electron chi connectivity index (χ3n) is 4.45. The lowest BCUT2D eigenvalue weighted by Gasteiger charge is -2.09. The molecular formula is C22H17BrN4O3S. The lowest BCUT2D eigenvalue weighted by atomic mass is 10.2. The Morgan fingerprint density at radius 3 is 2.74 bits per heavy atom. The summed E-state index contributed by atoms with van der Waals surface area (Å²) in [5.41, 5.74) is 1.29. The van der Waals surface area contributed by atoms with Crippen LogP contribution in [-0.4, -0.2) is 26.9 Å². The summed E-state index contributed by atoms with van der Waals surface area (Å²) in [6.07, 6.45) is 3.52. The molecule has 1 amide bonds. The average molecular weight is 497 g/mol. The second-order valence-electron chi connectivity index (χ2n) is 6.57. The standard InChI is InChI=1S/C22H17BrN4O3S/c1-31-17-5-2-4-16(12-17)24-19(28)13-27-11-3-6-18(22(27)29)21-25-20(26-30-21)14-7-9-15(23)10-8-14/h2-12H,13H2,1H3,(H,24,28). The molecule has 0 radical (unpaired) electrons. The van der Waals surface area contributed by atoms with Gasteiger partial charge < -0.3 is 14.4 Å². The summed E-state index contributed by atoms with van der Waals surface area (Å²) in [6.45, 7) is -0.135. The number of pyridine rings is 1. The number of nitrogens with zero attached hydrogens (tertiary/aromatic N) is 3. The predicted molar refractivity (Wildman–Crippen MR) is 124 cm³/mol. The van der Waals surface area contributed by atoms with Crippen molar-refractivity contribution in [2.24, 2.45) is 0 Å². The van der Waals surface area contributed by atoms with E-state index in [1.165, 1.54) is 4.57 Å². The van der Waals surface area contributed by atoms with Gasteiger partial charge in [-0.1, -0.05) is 27.2 Å². The molecule has 0 unspecified atom stereocenters. The Kier molecular flexibility index (Phi) is 6.34. The van der Waals surface area contributed by atoms with Crippen molar-refractivity contribution >= 4 is 39.3 Å². The van der Waals surface area contributed by atoms with E-state index in [0.717, 1.165) is 14.9 Å². The second-order valence-corrected chi connectivity index (χ2v) is 8.36. The first-order chi connectivity index (χ1) is 15.0. The smallest absolute Gasteiger partial charge is 0.263 e. The molecule has 1 N–H and O–H groups in total. The van der Waals surface area contributed by atoms with Crippen LogP contribution >= 0.6 is 27.7 Å².